The maximum Gasteiger partial charge on any atom is 0.420 e. The number of anilines is 2. The number of hydrogen-bond donors (Lipinski definition) is 2. The lowest BCUT2D eigenvalue weighted by Gasteiger charge is -2.36. The number of ether oxygens (including phenoxy) is 1. The van der Waals surface area contributed by atoms with Crippen LogP contribution in [0.5, 0.6) is 0 Å². The molecule has 0 radical (unpaired) electrons. The van der Waals surface area contributed by atoms with Crippen LogP contribution in [0.2, 0.25) is 0 Å². The number of carbonyl (C=O) groups is 1. The minimum absolute atomic E-state index is 0.00549. The number of pyridine rings is 1. The van der Waals surface area contributed by atoms with Gasteiger partial charge in [-0.1, -0.05) is 0 Å². The van der Waals surface area contributed by atoms with Gasteiger partial charge in [-0.05, 0) is 42.0 Å². The van der Waals surface area contributed by atoms with Crippen molar-refractivity contribution in [2.24, 2.45) is 0 Å². The third-order valence-electron chi connectivity index (χ3n) is 7.80. The second-order valence-corrected chi connectivity index (χ2v) is 13.8. The van der Waals surface area contributed by atoms with Crippen LogP contribution in [-0.4, -0.2) is 72.3 Å². The van der Waals surface area contributed by atoms with Gasteiger partial charge in [0.15, 0.2) is 9.84 Å². The normalized spacial score (nSPS) is 20.7. The summed E-state index contributed by atoms with van der Waals surface area (Å²) in [6.45, 7) is 2.05. The van der Waals surface area contributed by atoms with Crippen molar-refractivity contribution in [2.45, 2.75) is 48.8 Å². The molecule has 10 nitrogen and oxygen atoms in total. The van der Waals surface area contributed by atoms with Crippen LogP contribution in [0.1, 0.15) is 50.8 Å². The number of sulfone groups is 1. The molecule has 2 N–H and O–H groups in total. The molecule has 0 unspecified atom stereocenters. The Morgan fingerprint density at radius 3 is 2.68 bits per heavy atom. The largest absolute Gasteiger partial charge is 0.420 e. The zero-order valence-corrected chi connectivity index (χ0v) is 23.3. The maximum absolute atomic E-state index is 14.1. The number of amides is 1. The molecule has 1 amide bonds. The number of carbonyl (C=O) groups excluding carboxylic acids is 1. The van der Waals surface area contributed by atoms with E-state index < -0.39 is 33.2 Å². The summed E-state index contributed by atoms with van der Waals surface area (Å²) in [7, 11) is -3.92. The zero-order chi connectivity index (χ0) is 28.5. The molecule has 0 atom stereocenters. The lowest BCUT2D eigenvalue weighted by Crippen LogP contribution is -2.52. The molecule has 41 heavy (non-hydrogen) atoms. The Labute approximate surface area is 237 Å². The van der Waals surface area contributed by atoms with Crippen LogP contribution in [0.25, 0.3) is 10.6 Å². The summed E-state index contributed by atoms with van der Waals surface area (Å²) >= 11 is 0.698. The Morgan fingerprint density at radius 2 is 1.98 bits per heavy atom. The van der Waals surface area contributed by atoms with E-state index in [1.165, 1.54) is 4.90 Å². The average molecular weight is 607 g/mol. The number of hydrogen-bond acceptors (Lipinski definition) is 10. The number of alkyl halides is 3. The monoisotopic (exact) mass is 606 g/mol. The molecule has 2 fully saturated rings. The van der Waals surface area contributed by atoms with E-state index in [1.807, 2.05) is 0 Å². The van der Waals surface area contributed by atoms with Gasteiger partial charge in [-0.2, -0.15) is 13.2 Å². The third-order valence-corrected chi connectivity index (χ3v) is 10.8. The smallest absolute Gasteiger partial charge is 0.377 e. The van der Waals surface area contributed by atoms with Gasteiger partial charge < -0.3 is 20.3 Å². The predicted octanol–water partition coefficient (Wildman–Crippen LogP) is 3.51. The Morgan fingerprint density at radius 1 is 1.17 bits per heavy atom. The highest BCUT2D eigenvalue weighted by molar-refractivity contribution is 7.91. The zero-order valence-electron chi connectivity index (χ0n) is 21.6. The van der Waals surface area contributed by atoms with Crippen LogP contribution in [0, 0.1) is 0 Å². The molecule has 3 aromatic heterocycles. The van der Waals surface area contributed by atoms with Gasteiger partial charge in [0.25, 0.3) is 5.91 Å². The quantitative estimate of drug-likeness (QED) is 0.449. The van der Waals surface area contributed by atoms with E-state index >= 15 is 0 Å². The summed E-state index contributed by atoms with van der Waals surface area (Å²) in [5.74, 6) is -0.142. The van der Waals surface area contributed by atoms with Gasteiger partial charge in [-0.15, -0.1) is 11.3 Å². The number of rotatable bonds is 5. The number of fused-ring (bicyclic) bond motifs is 2. The molecule has 7 rings (SSSR count). The van der Waals surface area contributed by atoms with Crippen molar-refractivity contribution < 1.29 is 31.1 Å². The first-order valence-electron chi connectivity index (χ1n) is 13.3. The van der Waals surface area contributed by atoms with Gasteiger partial charge in [0.1, 0.15) is 16.3 Å². The minimum Gasteiger partial charge on any atom is -0.377 e. The minimum atomic E-state index is -4.82. The Hall–Kier alpha value is -3.14. The Kier molecular flexibility index (Phi) is 6.33. The van der Waals surface area contributed by atoms with Gasteiger partial charge in [0.05, 0.1) is 40.5 Å². The summed E-state index contributed by atoms with van der Waals surface area (Å²) in [6.07, 6.45) is -1.42. The molecule has 216 valence electrons. The van der Waals surface area contributed by atoms with Crippen LogP contribution in [0.3, 0.4) is 0 Å². The van der Waals surface area contributed by atoms with E-state index in [9.17, 15) is 26.4 Å². The van der Waals surface area contributed by atoms with Gasteiger partial charge in [0, 0.05) is 37.9 Å². The van der Waals surface area contributed by atoms with Gasteiger partial charge in [-0.25, -0.2) is 23.4 Å². The van der Waals surface area contributed by atoms with Crippen molar-refractivity contribution in [2.75, 3.05) is 37.4 Å². The van der Waals surface area contributed by atoms with Crippen LogP contribution in [-0.2, 0) is 33.7 Å². The molecule has 3 aromatic rings. The van der Waals surface area contributed by atoms with Gasteiger partial charge >= 0.3 is 6.18 Å². The SMILES string of the molecule is O=C1c2sc(-c3nc(Nc4nc5c(cc4C4CC4)CNCC5)ncc3C(F)(F)F)cc2S(=O)(=O)CCN1C1COC1. The first-order valence-corrected chi connectivity index (χ1v) is 15.8. The number of aromatic nitrogens is 3. The average Bonchev–Trinajstić information content (AvgIpc) is 3.66. The third kappa shape index (κ3) is 4.87. The van der Waals surface area contributed by atoms with E-state index in [-0.39, 0.29) is 52.2 Å². The van der Waals surface area contributed by atoms with Crippen molar-refractivity contribution in [1.82, 2.24) is 25.2 Å². The lowest BCUT2D eigenvalue weighted by molar-refractivity contribution is -0.137. The van der Waals surface area contributed by atoms with Gasteiger partial charge in [0.2, 0.25) is 5.95 Å². The fourth-order valence-corrected chi connectivity index (χ4v) is 8.26. The first kappa shape index (κ1) is 26.7. The summed E-state index contributed by atoms with van der Waals surface area (Å²) in [6, 6.07) is 2.95. The van der Waals surface area contributed by atoms with Crippen molar-refractivity contribution in [1.29, 1.82) is 0 Å². The molecular weight excluding hydrogens is 581 g/mol. The van der Waals surface area contributed by atoms with E-state index in [0.29, 0.717) is 35.8 Å². The molecular formula is C26H25F3N6O4S2. The second kappa shape index (κ2) is 9.71. The van der Waals surface area contributed by atoms with Crippen molar-refractivity contribution in [3.8, 4) is 10.6 Å². The molecule has 0 bridgehead atoms. The fraction of sp³-hybridized carbons (Fsp3) is 0.462. The highest BCUT2D eigenvalue weighted by atomic mass is 32.2. The van der Waals surface area contributed by atoms with Crippen molar-refractivity contribution in [3.05, 3.63) is 45.6 Å². The van der Waals surface area contributed by atoms with E-state index in [2.05, 4.69) is 26.7 Å². The molecule has 0 spiro atoms. The maximum atomic E-state index is 14.1. The molecule has 6 heterocycles. The fourth-order valence-electron chi connectivity index (χ4n) is 5.34. The lowest BCUT2D eigenvalue weighted by atomic mass is 10.0. The van der Waals surface area contributed by atoms with Crippen molar-refractivity contribution >= 4 is 38.8 Å². The summed E-state index contributed by atoms with van der Waals surface area (Å²) < 4.78 is 73.8. The molecule has 1 saturated carbocycles. The van der Waals surface area contributed by atoms with Crippen LogP contribution in [0.15, 0.2) is 23.2 Å². The van der Waals surface area contributed by atoms with Crippen LogP contribution in [0.4, 0.5) is 24.9 Å². The van der Waals surface area contributed by atoms with E-state index in [4.69, 9.17) is 9.72 Å². The molecule has 0 aromatic carbocycles. The van der Waals surface area contributed by atoms with E-state index in [1.54, 1.807) is 0 Å². The molecule has 3 aliphatic heterocycles. The highest BCUT2D eigenvalue weighted by Crippen LogP contribution is 2.45. The first-order chi connectivity index (χ1) is 19.6. The molecule has 4 aliphatic rings. The Balaban J connectivity index is 1.31. The number of halogens is 3. The summed E-state index contributed by atoms with van der Waals surface area (Å²) in [4.78, 5) is 27.3. The van der Waals surface area contributed by atoms with Crippen LogP contribution < -0.4 is 10.6 Å². The number of nitrogens with zero attached hydrogens (tertiary/aromatic N) is 4. The topological polar surface area (TPSA) is 126 Å². The van der Waals surface area contributed by atoms with Crippen LogP contribution >= 0.6 is 11.3 Å². The highest BCUT2D eigenvalue weighted by Gasteiger charge is 2.41. The summed E-state index contributed by atoms with van der Waals surface area (Å²) in [5.41, 5.74) is 1.36. The molecule has 1 aliphatic carbocycles. The Bertz CT molecular complexity index is 1670. The standard InChI is InChI=1S/C26H25F3N6O4S2/c27-26(28,29)17-10-31-25(34-23-16(13-1-2-13)7-14-9-30-4-3-18(14)32-23)33-21(17)19-8-20-22(40-19)24(36)35(15-11-39-12-15)5-6-41(20,37)38/h7-8,10,13,15,30H,1-6,9,11-12H2,(H,31,32,33,34). The van der Waals surface area contributed by atoms with Gasteiger partial charge in [-0.3, -0.25) is 4.79 Å². The van der Waals surface area contributed by atoms with Crippen molar-refractivity contribution in [3.63, 3.8) is 0 Å². The predicted molar refractivity (Wildman–Crippen MR) is 143 cm³/mol. The van der Waals surface area contributed by atoms with E-state index in [0.717, 1.165) is 48.7 Å². The second-order valence-electron chi connectivity index (χ2n) is 10.6. The molecule has 15 heteroatoms. The summed E-state index contributed by atoms with van der Waals surface area (Å²) in [5, 5.41) is 6.37. The molecule has 1 saturated heterocycles. The number of thiophene rings is 1. The number of nitrogens with one attached hydrogen (secondary N) is 2.